The number of amides is 2. The van der Waals surface area contributed by atoms with Crippen LogP contribution in [0, 0.1) is 23.7 Å². The van der Waals surface area contributed by atoms with Gasteiger partial charge in [-0.1, -0.05) is 0 Å². The van der Waals surface area contributed by atoms with Crippen LogP contribution < -0.4 is 26.7 Å². The lowest BCUT2D eigenvalue weighted by Gasteiger charge is -2.45. The Bertz CT molecular complexity index is 836. The molecule has 10 nitrogen and oxygen atoms in total. The summed E-state index contributed by atoms with van der Waals surface area (Å²) in [4.78, 5) is 28.2. The molecule has 0 saturated carbocycles. The smallest absolute Gasteiger partial charge is 0.306 e. The first-order valence-corrected chi connectivity index (χ1v) is 14.5. The van der Waals surface area contributed by atoms with Crippen molar-refractivity contribution in [2.75, 3.05) is 46.4 Å². The Morgan fingerprint density at radius 1 is 1.11 bits per heavy atom. The van der Waals surface area contributed by atoms with Crippen LogP contribution >= 0.6 is 23.4 Å². The third-order valence-electron chi connectivity index (χ3n) is 8.59. The van der Waals surface area contributed by atoms with E-state index in [2.05, 4.69) is 33.6 Å². The number of hydrogen-bond acceptors (Lipinski definition) is 9. The lowest BCUT2D eigenvalue weighted by Crippen LogP contribution is -2.57. The molecule has 5 saturated heterocycles. The minimum atomic E-state index is -2.62. The number of ether oxygens (including phenoxy) is 1. The number of hydrogen-bond donors (Lipinski definition) is 5. The van der Waals surface area contributed by atoms with Crippen LogP contribution in [0.4, 0.5) is 8.78 Å². The van der Waals surface area contributed by atoms with E-state index in [-0.39, 0.29) is 71.1 Å². The molecule has 0 aliphatic carbocycles. The first-order valence-electron chi connectivity index (χ1n) is 13.2. The van der Waals surface area contributed by atoms with Gasteiger partial charge in [-0.15, -0.1) is 23.4 Å². The van der Waals surface area contributed by atoms with Crippen molar-refractivity contribution in [3.8, 4) is 0 Å². The Balaban J connectivity index is 1.15. The van der Waals surface area contributed by atoms with Gasteiger partial charge in [0.1, 0.15) is 5.50 Å². The second kappa shape index (κ2) is 11.7. The van der Waals surface area contributed by atoms with Crippen molar-refractivity contribution < 1.29 is 23.1 Å². The summed E-state index contributed by atoms with van der Waals surface area (Å²) in [6.45, 7) is 2.13. The molecule has 37 heavy (non-hydrogen) atoms. The SMILES string of the molecule is COC1CNC(Cl)CC1C1CC(C)NCC1C(=O)NC1NC2CN(C(=O)C3CNN(C(F)F)C3)CC2S1. The zero-order valence-electron chi connectivity index (χ0n) is 21.2. The Hall–Kier alpha value is -0.800. The van der Waals surface area contributed by atoms with Crippen molar-refractivity contribution >= 4 is 35.2 Å². The average Bonchev–Trinajstić information content (AvgIpc) is 3.59. The van der Waals surface area contributed by atoms with Crippen molar-refractivity contribution in [3.05, 3.63) is 0 Å². The third kappa shape index (κ3) is 6.03. The Labute approximate surface area is 225 Å². The fraction of sp³-hybridized carbons (Fsp3) is 0.913. The molecule has 5 rings (SSSR count). The van der Waals surface area contributed by atoms with Gasteiger partial charge in [-0.2, -0.15) is 13.8 Å². The van der Waals surface area contributed by atoms with Crippen LogP contribution in [0.2, 0.25) is 0 Å². The summed E-state index contributed by atoms with van der Waals surface area (Å²) < 4.78 is 31.6. The fourth-order valence-corrected chi connectivity index (χ4v) is 8.31. The highest BCUT2D eigenvalue weighted by molar-refractivity contribution is 8.00. The highest BCUT2D eigenvalue weighted by Crippen LogP contribution is 2.38. The number of thioether (sulfide) groups is 1. The molecule has 0 aromatic rings. The Kier molecular flexibility index (Phi) is 8.81. The van der Waals surface area contributed by atoms with Crippen molar-refractivity contribution in [1.29, 1.82) is 0 Å². The maximum Gasteiger partial charge on any atom is 0.306 e. The number of alkyl halides is 3. The molecule has 210 valence electrons. The standard InChI is InChI=1S/C23H38ClF2N7O3S/c1-11-3-13(14-4-19(24)28-7-17(14)36-2)15(6-27-11)20(34)31-23-30-16-9-32(10-18(16)37-23)21(35)12-5-29-33(8-12)22(25)26/h11-19,22-23,27-30H,3-10H2,1-2H3,(H,31,34). The monoisotopic (exact) mass is 565 g/mol. The molecule has 0 aromatic heterocycles. The third-order valence-corrected chi connectivity index (χ3v) is 10.3. The number of carbonyl (C=O) groups excluding carboxylic acids is 2. The van der Waals surface area contributed by atoms with E-state index in [4.69, 9.17) is 16.3 Å². The first-order chi connectivity index (χ1) is 17.7. The molecule has 14 heteroatoms. The minimum Gasteiger partial charge on any atom is -0.380 e. The summed E-state index contributed by atoms with van der Waals surface area (Å²) in [5, 5.41) is 14.4. The topological polar surface area (TPSA) is 110 Å². The zero-order valence-corrected chi connectivity index (χ0v) is 22.7. The van der Waals surface area contributed by atoms with Gasteiger partial charge >= 0.3 is 6.55 Å². The molecule has 5 aliphatic heterocycles. The summed E-state index contributed by atoms with van der Waals surface area (Å²) in [5.74, 6) is -0.365. The van der Waals surface area contributed by atoms with Crippen LogP contribution in [0.1, 0.15) is 19.8 Å². The molecule has 5 fully saturated rings. The van der Waals surface area contributed by atoms with Gasteiger partial charge in [0.15, 0.2) is 0 Å². The molecule has 0 aromatic carbocycles. The largest absolute Gasteiger partial charge is 0.380 e. The van der Waals surface area contributed by atoms with Crippen molar-refractivity contribution in [2.45, 2.75) is 60.8 Å². The quantitative estimate of drug-likeness (QED) is 0.220. The van der Waals surface area contributed by atoms with Crippen LogP contribution in [-0.4, -0.2) is 109 Å². The molecule has 2 amide bonds. The van der Waals surface area contributed by atoms with Crippen LogP contribution in [-0.2, 0) is 14.3 Å². The molecule has 0 bridgehead atoms. The number of nitrogens with zero attached hydrogens (tertiary/aromatic N) is 2. The van der Waals surface area contributed by atoms with E-state index in [0.29, 0.717) is 32.2 Å². The Morgan fingerprint density at radius 3 is 2.62 bits per heavy atom. The normalized spacial score (nSPS) is 42.8. The maximum absolute atomic E-state index is 13.5. The van der Waals surface area contributed by atoms with Crippen molar-refractivity contribution in [1.82, 2.24) is 36.6 Å². The lowest BCUT2D eigenvalue weighted by molar-refractivity contribution is -0.134. The molecule has 10 atom stereocenters. The van der Waals surface area contributed by atoms with Gasteiger partial charge in [0, 0.05) is 63.7 Å². The van der Waals surface area contributed by atoms with E-state index in [1.165, 1.54) is 0 Å². The van der Waals surface area contributed by atoms with Crippen LogP contribution in [0.3, 0.4) is 0 Å². The number of methoxy groups -OCH3 is 1. The van der Waals surface area contributed by atoms with E-state index in [1.807, 2.05) is 0 Å². The number of fused-ring (bicyclic) bond motifs is 1. The lowest BCUT2D eigenvalue weighted by atomic mass is 9.70. The summed E-state index contributed by atoms with van der Waals surface area (Å²) in [6, 6.07) is 0.374. The second-order valence-corrected chi connectivity index (χ2v) is 12.8. The summed E-state index contributed by atoms with van der Waals surface area (Å²) >= 11 is 8.07. The number of likely N-dealkylation sites (tertiary alicyclic amines) is 1. The number of piperidine rings is 2. The maximum atomic E-state index is 13.5. The number of rotatable bonds is 6. The molecular weight excluding hydrogens is 528 g/mol. The van der Waals surface area contributed by atoms with Gasteiger partial charge in [-0.05, 0) is 31.6 Å². The van der Waals surface area contributed by atoms with Gasteiger partial charge in [0.2, 0.25) is 11.8 Å². The predicted octanol–water partition coefficient (Wildman–Crippen LogP) is -0.235. The number of carbonyl (C=O) groups is 2. The summed E-state index contributed by atoms with van der Waals surface area (Å²) in [5.41, 5.74) is 2.25. The molecule has 5 heterocycles. The Morgan fingerprint density at radius 2 is 1.92 bits per heavy atom. The van der Waals surface area contributed by atoms with E-state index in [0.717, 1.165) is 17.9 Å². The van der Waals surface area contributed by atoms with E-state index >= 15 is 0 Å². The van der Waals surface area contributed by atoms with Gasteiger partial charge in [0.25, 0.3) is 0 Å². The molecule has 0 radical (unpaired) electrons. The predicted molar refractivity (Wildman–Crippen MR) is 137 cm³/mol. The van der Waals surface area contributed by atoms with Gasteiger partial charge in [-0.25, -0.2) is 5.43 Å². The number of nitrogens with one attached hydrogen (secondary N) is 5. The van der Waals surface area contributed by atoms with Crippen LogP contribution in [0.25, 0.3) is 0 Å². The number of hydrazine groups is 1. The zero-order chi connectivity index (χ0) is 26.3. The van der Waals surface area contributed by atoms with Crippen molar-refractivity contribution in [3.63, 3.8) is 0 Å². The first kappa shape index (κ1) is 27.8. The average molecular weight is 566 g/mol. The van der Waals surface area contributed by atoms with Gasteiger partial charge in [0.05, 0.1) is 23.4 Å². The molecule has 5 aliphatic rings. The second-order valence-electron chi connectivity index (χ2n) is 10.9. The molecule has 10 unspecified atom stereocenters. The van der Waals surface area contributed by atoms with E-state index in [9.17, 15) is 18.4 Å². The highest BCUT2D eigenvalue weighted by Gasteiger charge is 2.47. The highest BCUT2D eigenvalue weighted by atomic mass is 35.5. The van der Waals surface area contributed by atoms with Crippen LogP contribution in [0.5, 0.6) is 0 Å². The molecular formula is C23H38ClF2N7O3S. The molecule has 5 N–H and O–H groups in total. The van der Waals surface area contributed by atoms with Gasteiger partial charge < -0.3 is 20.3 Å². The molecule has 0 spiro atoms. The summed E-state index contributed by atoms with van der Waals surface area (Å²) in [7, 11) is 1.72. The van der Waals surface area contributed by atoms with Gasteiger partial charge in [-0.3, -0.25) is 20.2 Å². The van der Waals surface area contributed by atoms with Crippen molar-refractivity contribution in [2.24, 2.45) is 23.7 Å². The van der Waals surface area contributed by atoms with E-state index < -0.39 is 12.5 Å². The number of halogens is 3. The summed E-state index contributed by atoms with van der Waals surface area (Å²) in [6.07, 6.45) is 1.67. The fourth-order valence-electron chi connectivity index (χ4n) is 6.61. The van der Waals surface area contributed by atoms with E-state index in [1.54, 1.807) is 23.8 Å². The van der Waals surface area contributed by atoms with Crippen LogP contribution in [0.15, 0.2) is 0 Å². The minimum absolute atomic E-state index is 0.0161.